The Morgan fingerprint density at radius 1 is 1.30 bits per heavy atom. The second-order valence-corrected chi connectivity index (χ2v) is 6.56. The number of nitrogens with one attached hydrogen (secondary N) is 2. The van der Waals surface area contributed by atoms with Crippen molar-refractivity contribution in [3.8, 4) is 0 Å². The van der Waals surface area contributed by atoms with E-state index in [1.807, 2.05) is 24.4 Å². The van der Waals surface area contributed by atoms with Gasteiger partial charge in [0.15, 0.2) is 0 Å². The maximum absolute atomic E-state index is 12.5. The Kier molecular flexibility index (Phi) is 4.44. The van der Waals surface area contributed by atoms with Crippen molar-refractivity contribution < 1.29 is 4.79 Å². The van der Waals surface area contributed by atoms with Gasteiger partial charge >= 0.3 is 0 Å². The number of nitrogens with zero attached hydrogens (tertiary/aromatic N) is 1. The van der Waals surface area contributed by atoms with Crippen LogP contribution in [0.15, 0.2) is 36.7 Å². The van der Waals surface area contributed by atoms with Crippen LogP contribution in [0.3, 0.4) is 0 Å². The van der Waals surface area contributed by atoms with Crippen molar-refractivity contribution >= 4 is 11.6 Å². The van der Waals surface area contributed by atoms with Crippen molar-refractivity contribution in [3.05, 3.63) is 58.9 Å². The van der Waals surface area contributed by atoms with Gasteiger partial charge in [-0.15, -0.1) is 0 Å². The molecule has 1 amide bonds. The minimum absolute atomic E-state index is 0.0891. The molecule has 0 aliphatic carbocycles. The average molecular weight is 309 g/mol. The van der Waals surface area contributed by atoms with Crippen molar-refractivity contribution in [3.63, 3.8) is 0 Å². The maximum Gasteiger partial charge on any atom is 0.255 e. The number of hydrogen-bond acceptors (Lipinski definition) is 3. The van der Waals surface area contributed by atoms with E-state index < -0.39 is 0 Å². The second kappa shape index (κ2) is 6.50. The first-order valence-corrected chi connectivity index (χ1v) is 8.14. The predicted molar refractivity (Wildman–Crippen MR) is 92.8 cm³/mol. The Balaban J connectivity index is 1.80. The van der Waals surface area contributed by atoms with Gasteiger partial charge in [-0.05, 0) is 46.7 Å². The minimum atomic E-state index is -0.0891. The van der Waals surface area contributed by atoms with Crippen LogP contribution in [-0.4, -0.2) is 17.4 Å². The SMILES string of the molecule is CC(C)c1cncc(NC(=O)c2ccc3c(c2)CNCC3C)c1. The molecule has 4 heteroatoms. The first-order chi connectivity index (χ1) is 11.0. The summed E-state index contributed by atoms with van der Waals surface area (Å²) in [7, 11) is 0. The summed E-state index contributed by atoms with van der Waals surface area (Å²) >= 11 is 0. The van der Waals surface area contributed by atoms with E-state index in [4.69, 9.17) is 0 Å². The molecule has 3 rings (SSSR count). The van der Waals surface area contributed by atoms with E-state index in [1.165, 1.54) is 11.1 Å². The van der Waals surface area contributed by atoms with E-state index in [2.05, 4.69) is 42.5 Å². The van der Waals surface area contributed by atoms with Gasteiger partial charge in [0.05, 0.1) is 11.9 Å². The van der Waals surface area contributed by atoms with E-state index in [9.17, 15) is 4.79 Å². The van der Waals surface area contributed by atoms with Crippen molar-refractivity contribution in [1.82, 2.24) is 10.3 Å². The predicted octanol–water partition coefficient (Wildman–Crippen LogP) is 3.66. The van der Waals surface area contributed by atoms with Crippen LogP contribution >= 0.6 is 0 Å². The fourth-order valence-electron chi connectivity index (χ4n) is 2.96. The molecular weight excluding hydrogens is 286 g/mol. The third kappa shape index (κ3) is 3.42. The highest BCUT2D eigenvalue weighted by molar-refractivity contribution is 6.04. The van der Waals surface area contributed by atoms with Gasteiger partial charge in [0.25, 0.3) is 5.91 Å². The molecule has 0 saturated heterocycles. The molecule has 0 spiro atoms. The van der Waals surface area contributed by atoms with Crippen LogP contribution in [-0.2, 0) is 6.54 Å². The molecule has 1 aliphatic heterocycles. The molecule has 23 heavy (non-hydrogen) atoms. The summed E-state index contributed by atoms with van der Waals surface area (Å²) in [5, 5.41) is 6.33. The highest BCUT2D eigenvalue weighted by Crippen LogP contribution is 2.25. The molecule has 0 radical (unpaired) electrons. The Morgan fingerprint density at radius 2 is 2.13 bits per heavy atom. The first kappa shape index (κ1) is 15.7. The number of carbonyl (C=O) groups excluding carboxylic acids is 1. The third-order valence-electron chi connectivity index (χ3n) is 4.39. The lowest BCUT2D eigenvalue weighted by molar-refractivity contribution is 0.102. The van der Waals surface area contributed by atoms with Gasteiger partial charge in [-0.2, -0.15) is 0 Å². The normalized spacial score (nSPS) is 17.0. The van der Waals surface area contributed by atoms with Crippen molar-refractivity contribution in [2.24, 2.45) is 0 Å². The average Bonchev–Trinajstić information content (AvgIpc) is 2.55. The smallest absolute Gasteiger partial charge is 0.255 e. The third-order valence-corrected chi connectivity index (χ3v) is 4.39. The van der Waals surface area contributed by atoms with Gasteiger partial charge in [0, 0.05) is 24.8 Å². The number of amides is 1. The minimum Gasteiger partial charge on any atom is -0.321 e. The summed E-state index contributed by atoms with van der Waals surface area (Å²) in [6.07, 6.45) is 3.53. The summed E-state index contributed by atoms with van der Waals surface area (Å²) in [6, 6.07) is 7.97. The lowest BCUT2D eigenvalue weighted by atomic mass is 9.91. The highest BCUT2D eigenvalue weighted by Gasteiger charge is 2.17. The number of hydrogen-bond donors (Lipinski definition) is 2. The fourth-order valence-corrected chi connectivity index (χ4v) is 2.96. The van der Waals surface area contributed by atoms with Crippen molar-refractivity contribution in [2.75, 3.05) is 11.9 Å². The van der Waals surface area contributed by atoms with Crippen LogP contribution in [0.1, 0.15) is 59.7 Å². The van der Waals surface area contributed by atoms with Gasteiger partial charge < -0.3 is 10.6 Å². The number of anilines is 1. The lowest BCUT2D eigenvalue weighted by Crippen LogP contribution is -2.27. The Bertz CT molecular complexity index is 724. The summed E-state index contributed by atoms with van der Waals surface area (Å²) < 4.78 is 0. The molecule has 1 aromatic heterocycles. The second-order valence-electron chi connectivity index (χ2n) is 6.56. The van der Waals surface area contributed by atoms with E-state index >= 15 is 0 Å². The number of carbonyl (C=O) groups is 1. The summed E-state index contributed by atoms with van der Waals surface area (Å²) in [6.45, 7) is 8.24. The van der Waals surface area contributed by atoms with Crippen LogP contribution in [0.2, 0.25) is 0 Å². The van der Waals surface area contributed by atoms with E-state index in [-0.39, 0.29) is 5.91 Å². The van der Waals surface area contributed by atoms with Crippen molar-refractivity contribution in [2.45, 2.75) is 39.2 Å². The lowest BCUT2D eigenvalue weighted by Gasteiger charge is -2.23. The summed E-state index contributed by atoms with van der Waals surface area (Å²) in [5.41, 5.74) is 5.10. The molecule has 1 aromatic carbocycles. The van der Waals surface area contributed by atoms with Gasteiger partial charge in [-0.3, -0.25) is 9.78 Å². The highest BCUT2D eigenvalue weighted by atomic mass is 16.1. The molecule has 0 saturated carbocycles. The number of rotatable bonds is 3. The largest absolute Gasteiger partial charge is 0.321 e. The molecule has 2 N–H and O–H groups in total. The van der Waals surface area contributed by atoms with E-state index in [0.717, 1.165) is 24.3 Å². The molecule has 120 valence electrons. The molecule has 0 fully saturated rings. The zero-order valence-corrected chi connectivity index (χ0v) is 13.9. The maximum atomic E-state index is 12.5. The summed E-state index contributed by atoms with van der Waals surface area (Å²) in [4.78, 5) is 16.7. The van der Waals surface area contributed by atoms with Crippen LogP contribution in [0, 0.1) is 0 Å². The number of benzene rings is 1. The van der Waals surface area contributed by atoms with Crippen LogP contribution < -0.4 is 10.6 Å². The molecule has 1 aliphatic rings. The van der Waals surface area contributed by atoms with Crippen LogP contribution in [0.5, 0.6) is 0 Å². The number of aromatic nitrogens is 1. The molecule has 1 atom stereocenters. The zero-order valence-electron chi connectivity index (χ0n) is 13.9. The topological polar surface area (TPSA) is 54.0 Å². The molecule has 2 aromatic rings. The van der Waals surface area contributed by atoms with Crippen molar-refractivity contribution in [1.29, 1.82) is 0 Å². The van der Waals surface area contributed by atoms with Crippen LogP contribution in [0.25, 0.3) is 0 Å². The van der Waals surface area contributed by atoms with Gasteiger partial charge in [-0.1, -0.05) is 26.8 Å². The van der Waals surface area contributed by atoms with E-state index in [0.29, 0.717) is 17.4 Å². The molecule has 4 nitrogen and oxygen atoms in total. The van der Waals surface area contributed by atoms with Crippen LogP contribution in [0.4, 0.5) is 5.69 Å². The molecule has 1 unspecified atom stereocenters. The first-order valence-electron chi connectivity index (χ1n) is 8.14. The number of pyridine rings is 1. The number of fused-ring (bicyclic) bond motifs is 1. The van der Waals surface area contributed by atoms with Gasteiger partial charge in [0.2, 0.25) is 0 Å². The van der Waals surface area contributed by atoms with E-state index in [1.54, 1.807) is 6.20 Å². The zero-order chi connectivity index (χ0) is 16.4. The monoisotopic (exact) mass is 309 g/mol. The fraction of sp³-hybridized carbons (Fsp3) is 0.368. The van der Waals surface area contributed by atoms with Gasteiger partial charge in [-0.25, -0.2) is 0 Å². The Hall–Kier alpha value is -2.20. The summed E-state index contributed by atoms with van der Waals surface area (Å²) in [5.74, 6) is 0.784. The Labute approximate surface area is 137 Å². The molecule has 0 bridgehead atoms. The molecule has 2 heterocycles. The standard InChI is InChI=1S/C19H23N3O/c1-12(2)15-7-17(11-21-9-15)22-19(23)14-4-5-18-13(3)8-20-10-16(18)6-14/h4-7,9,11-13,20H,8,10H2,1-3H3,(H,22,23). The Morgan fingerprint density at radius 3 is 2.91 bits per heavy atom. The van der Waals surface area contributed by atoms with Gasteiger partial charge in [0.1, 0.15) is 0 Å². The quantitative estimate of drug-likeness (QED) is 0.909. The molecular formula is C19H23N3O.